The van der Waals surface area contributed by atoms with Crippen LogP contribution in [-0.2, 0) is 19.0 Å². The van der Waals surface area contributed by atoms with Gasteiger partial charge in [-0.15, -0.1) is 4.36 Å². The van der Waals surface area contributed by atoms with Gasteiger partial charge in [0.05, 0.1) is 10.5 Å². The van der Waals surface area contributed by atoms with Crippen LogP contribution in [-0.4, -0.2) is 26.2 Å². The number of hydrogen-bond donors (Lipinski definition) is 1. The van der Waals surface area contributed by atoms with Crippen molar-refractivity contribution < 1.29 is 23.1 Å². The van der Waals surface area contributed by atoms with Gasteiger partial charge in [0.1, 0.15) is 5.75 Å². The molecule has 0 bridgehead atoms. The van der Waals surface area contributed by atoms with Crippen LogP contribution in [0.15, 0.2) is 82.3 Å². The van der Waals surface area contributed by atoms with Crippen LogP contribution in [0.4, 0.5) is 0 Å². The molecule has 30 heavy (non-hydrogen) atoms. The number of phenols is 1. The number of aromatic hydroxyl groups is 1. The average Bonchev–Trinajstić information content (AvgIpc) is 2.72. The average molecular weight is 420 g/mol. The van der Waals surface area contributed by atoms with Gasteiger partial charge in [-0.3, -0.25) is 14.6 Å². The molecule has 0 aliphatic carbocycles. The minimum atomic E-state index is -3.75. The van der Waals surface area contributed by atoms with Gasteiger partial charge < -0.3 is 9.29 Å². The minimum Gasteiger partial charge on any atom is -0.508 e. The Morgan fingerprint density at radius 2 is 1.73 bits per heavy atom. The summed E-state index contributed by atoms with van der Waals surface area (Å²) in [6.45, 7) is 1.09. The zero-order valence-electron chi connectivity index (χ0n) is 15.8. The molecule has 1 unspecified atom stereocenters. The molecule has 2 aromatic carbocycles. The van der Waals surface area contributed by atoms with Crippen molar-refractivity contribution in [1.82, 2.24) is 4.98 Å². The third kappa shape index (κ3) is 5.31. The highest BCUT2D eigenvalue weighted by Crippen LogP contribution is 2.17. The maximum atomic E-state index is 13.1. The van der Waals surface area contributed by atoms with E-state index in [1.807, 2.05) is 0 Å². The van der Waals surface area contributed by atoms with Gasteiger partial charge in [0, 0.05) is 30.4 Å². The molecular weight excluding hydrogens is 404 g/mol. The highest BCUT2D eigenvalue weighted by molar-refractivity contribution is 7.89. The molecule has 0 saturated carbocycles. The lowest BCUT2D eigenvalue weighted by atomic mass is 10.1. The molecule has 1 aromatic heterocycles. The van der Waals surface area contributed by atoms with E-state index in [9.17, 15) is 18.9 Å². The fraction of sp³-hybridized carbons (Fsp3) is 0.0455. The van der Waals surface area contributed by atoms with Crippen LogP contribution in [0.3, 0.4) is 0 Å². The Kier molecular flexibility index (Phi) is 6.25. The van der Waals surface area contributed by atoms with Crippen LogP contribution >= 0.6 is 0 Å². The topological polar surface area (TPSA) is 106 Å². The summed E-state index contributed by atoms with van der Waals surface area (Å²) in [5.74, 6) is 4.08. The van der Waals surface area contributed by atoms with E-state index in [-0.39, 0.29) is 16.2 Å². The number of rotatable bonds is 3. The molecule has 0 radical (unpaired) electrons. The molecule has 1 atom stereocenters. The van der Waals surface area contributed by atoms with Gasteiger partial charge in [-0.1, -0.05) is 36.1 Å². The van der Waals surface area contributed by atoms with Gasteiger partial charge in [0.2, 0.25) is 10.0 Å². The van der Waals surface area contributed by atoms with Gasteiger partial charge in [0.25, 0.3) is 5.91 Å². The zero-order chi connectivity index (χ0) is 21.6. The second kappa shape index (κ2) is 9.03. The SMILES string of the molecule is CC(=O)OS(=O)(=NC(=O)c1cncc(C#Cc2cccc(O)c2)c1)c1ccccc1. The highest BCUT2D eigenvalue weighted by atomic mass is 32.2. The van der Waals surface area contributed by atoms with Gasteiger partial charge >= 0.3 is 5.97 Å². The normalized spacial score (nSPS) is 12.0. The quantitative estimate of drug-likeness (QED) is 0.652. The molecule has 8 heteroatoms. The molecule has 150 valence electrons. The molecule has 1 heterocycles. The van der Waals surface area contributed by atoms with Crippen LogP contribution in [0.2, 0.25) is 0 Å². The van der Waals surface area contributed by atoms with E-state index in [1.165, 1.54) is 42.7 Å². The lowest BCUT2D eigenvalue weighted by molar-refractivity contribution is -0.131. The van der Waals surface area contributed by atoms with Crippen molar-refractivity contribution in [1.29, 1.82) is 0 Å². The maximum Gasteiger partial charge on any atom is 0.317 e. The minimum absolute atomic E-state index is 0.0357. The summed E-state index contributed by atoms with van der Waals surface area (Å²) in [7, 11) is -3.75. The van der Waals surface area contributed by atoms with E-state index in [0.717, 1.165) is 6.92 Å². The standard InChI is InChI=1S/C22H16N2O5S/c1-16(25)29-30(28,21-8-3-2-4-9-21)24-22(27)19-12-18(14-23-15-19)11-10-17-6-5-7-20(26)13-17/h2-9,12-15,26H,1H3. The Hall–Kier alpha value is -3.96. The third-order valence-electron chi connectivity index (χ3n) is 3.66. The number of nitrogens with zero attached hydrogens (tertiary/aromatic N) is 2. The summed E-state index contributed by atoms with van der Waals surface area (Å²) in [4.78, 5) is 28.1. The number of benzene rings is 2. The first kappa shape index (κ1) is 20.8. The molecule has 3 aromatic rings. The van der Waals surface area contributed by atoms with E-state index in [0.29, 0.717) is 11.1 Å². The molecule has 0 aliphatic heterocycles. The summed E-state index contributed by atoms with van der Waals surface area (Å²) in [5, 5.41) is 9.49. The molecule has 0 spiro atoms. The van der Waals surface area contributed by atoms with Crippen molar-refractivity contribution in [2.75, 3.05) is 0 Å². The first-order valence-corrected chi connectivity index (χ1v) is 10.1. The van der Waals surface area contributed by atoms with E-state index in [1.54, 1.807) is 30.3 Å². The maximum absolute atomic E-state index is 13.1. The number of hydrogen-bond acceptors (Lipinski definition) is 6. The Bertz CT molecular complexity index is 1280. The highest BCUT2D eigenvalue weighted by Gasteiger charge is 2.19. The van der Waals surface area contributed by atoms with Crippen molar-refractivity contribution in [3.63, 3.8) is 0 Å². The lowest BCUT2D eigenvalue weighted by Crippen LogP contribution is -2.13. The summed E-state index contributed by atoms with van der Waals surface area (Å²) in [6.07, 6.45) is 2.71. The third-order valence-corrected chi connectivity index (χ3v) is 5.39. The van der Waals surface area contributed by atoms with Gasteiger partial charge in [-0.25, -0.2) is 4.21 Å². The molecule has 7 nitrogen and oxygen atoms in total. The summed E-state index contributed by atoms with van der Waals surface area (Å²) in [6, 6.07) is 15.6. The Balaban J connectivity index is 1.96. The van der Waals surface area contributed by atoms with Crippen LogP contribution in [0.25, 0.3) is 0 Å². The fourth-order valence-electron chi connectivity index (χ4n) is 2.39. The van der Waals surface area contributed by atoms with Crippen LogP contribution < -0.4 is 0 Å². The van der Waals surface area contributed by atoms with Crippen molar-refractivity contribution in [2.24, 2.45) is 4.36 Å². The number of pyridine rings is 1. The van der Waals surface area contributed by atoms with E-state index in [4.69, 9.17) is 4.18 Å². The Labute approximate surface area is 173 Å². The van der Waals surface area contributed by atoms with Crippen molar-refractivity contribution >= 4 is 21.9 Å². The molecule has 0 saturated heterocycles. The van der Waals surface area contributed by atoms with Gasteiger partial charge in [-0.05, 0) is 36.4 Å². The zero-order valence-corrected chi connectivity index (χ0v) is 16.6. The number of phenolic OH excluding ortho intramolecular Hbond substituents is 1. The van der Waals surface area contributed by atoms with Crippen LogP contribution in [0.5, 0.6) is 5.75 Å². The first-order chi connectivity index (χ1) is 14.4. The molecule has 0 aliphatic rings. The van der Waals surface area contributed by atoms with E-state index >= 15 is 0 Å². The Morgan fingerprint density at radius 3 is 2.43 bits per heavy atom. The fourth-order valence-corrected chi connectivity index (χ4v) is 3.77. The molecular formula is C22H16N2O5S. The molecule has 1 amide bonds. The largest absolute Gasteiger partial charge is 0.508 e. The van der Waals surface area contributed by atoms with E-state index < -0.39 is 21.9 Å². The number of carbonyl (C=O) groups excluding carboxylic acids is 2. The van der Waals surface area contributed by atoms with Gasteiger partial charge in [-0.2, -0.15) is 0 Å². The molecule has 1 N–H and O–H groups in total. The van der Waals surface area contributed by atoms with Crippen LogP contribution in [0.1, 0.15) is 28.4 Å². The van der Waals surface area contributed by atoms with Crippen molar-refractivity contribution in [2.45, 2.75) is 11.8 Å². The molecule has 3 rings (SSSR count). The second-order valence-electron chi connectivity index (χ2n) is 6.02. The monoisotopic (exact) mass is 420 g/mol. The number of amides is 1. The lowest BCUT2D eigenvalue weighted by Gasteiger charge is -2.08. The van der Waals surface area contributed by atoms with E-state index in [2.05, 4.69) is 21.2 Å². The molecule has 0 fully saturated rings. The van der Waals surface area contributed by atoms with Crippen molar-refractivity contribution in [3.8, 4) is 17.6 Å². The summed E-state index contributed by atoms with van der Waals surface area (Å²) < 4.78 is 21.7. The predicted octanol–water partition coefficient (Wildman–Crippen LogP) is 3.33. The van der Waals surface area contributed by atoms with Gasteiger partial charge in [0.15, 0.2) is 0 Å². The Morgan fingerprint density at radius 1 is 1.00 bits per heavy atom. The predicted molar refractivity (Wildman–Crippen MR) is 110 cm³/mol. The summed E-state index contributed by atoms with van der Waals surface area (Å²) in [5.41, 5.74) is 1.03. The van der Waals surface area contributed by atoms with Crippen LogP contribution in [0, 0.1) is 11.8 Å². The number of carbonyl (C=O) groups is 2. The summed E-state index contributed by atoms with van der Waals surface area (Å²) >= 11 is 0. The van der Waals surface area contributed by atoms with Crippen molar-refractivity contribution in [3.05, 3.63) is 89.7 Å². The second-order valence-corrected chi connectivity index (χ2v) is 7.79. The number of aromatic nitrogens is 1. The smallest absolute Gasteiger partial charge is 0.317 e. The first-order valence-electron chi connectivity index (χ1n) is 8.68.